The van der Waals surface area contributed by atoms with Crippen molar-refractivity contribution in [2.45, 2.75) is 6.42 Å². The van der Waals surface area contributed by atoms with Crippen molar-refractivity contribution in [1.29, 1.82) is 5.26 Å². The zero-order valence-electron chi connectivity index (χ0n) is 8.23. The third kappa shape index (κ3) is 2.29. The maximum Gasteiger partial charge on any atom is 0.281 e. The van der Waals surface area contributed by atoms with Gasteiger partial charge in [-0.25, -0.2) is 9.48 Å². The van der Waals surface area contributed by atoms with Crippen LogP contribution in [-0.4, -0.2) is 28.4 Å². The van der Waals surface area contributed by atoms with Crippen LogP contribution in [-0.2, 0) is 0 Å². The second-order valence-corrected chi connectivity index (χ2v) is 4.75. The summed E-state index contributed by atoms with van der Waals surface area (Å²) in [7, 11) is 0. The first kappa shape index (κ1) is 10.4. The van der Waals surface area contributed by atoms with Crippen LogP contribution < -0.4 is 0 Å². The number of fused-ring (bicyclic) bond motifs is 1. The Hall–Kier alpha value is -1.09. The minimum atomic E-state index is 0.551. The molecule has 0 fully saturated rings. The van der Waals surface area contributed by atoms with Crippen LogP contribution in [0.25, 0.3) is 0 Å². The molecule has 4 heteroatoms. The van der Waals surface area contributed by atoms with Gasteiger partial charge in [-0.3, -0.25) is 0 Å². The van der Waals surface area contributed by atoms with Gasteiger partial charge in [0, 0.05) is 6.08 Å². The normalized spacial score (nSPS) is 18.7. The molecule has 2 rings (SSSR count). The predicted octanol–water partition coefficient (Wildman–Crippen LogP) is 1.99. The lowest BCUT2D eigenvalue weighted by atomic mass is 10.2. The van der Waals surface area contributed by atoms with Gasteiger partial charge >= 0.3 is 0 Å². The van der Waals surface area contributed by atoms with Gasteiger partial charge in [0.25, 0.3) is 5.84 Å². The lowest BCUT2D eigenvalue weighted by Crippen LogP contribution is -2.37. The summed E-state index contributed by atoms with van der Waals surface area (Å²) in [5.41, 5.74) is 0. The van der Waals surface area contributed by atoms with Crippen LogP contribution in [0.3, 0.4) is 0 Å². The molecule has 0 radical (unpaired) electrons. The first-order valence-electron chi connectivity index (χ1n) is 4.79. The summed E-state index contributed by atoms with van der Waals surface area (Å²) in [6.07, 6.45) is 10.9. The van der Waals surface area contributed by atoms with E-state index in [-0.39, 0.29) is 0 Å². The molecule has 2 aliphatic rings. The summed E-state index contributed by atoms with van der Waals surface area (Å²) in [6.45, 7) is 1.69. The van der Waals surface area contributed by atoms with Crippen molar-refractivity contribution < 1.29 is 4.58 Å². The Balaban J connectivity index is 2.30. The summed E-state index contributed by atoms with van der Waals surface area (Å²) in [5.74, 6) is 1.16. The second-order valence-electron chi connectivity index (χ2n) is 3.36. The second kappa shape index (κ2) is 4.62. The number of hydrogen-bond donors (Lipinski definition) is 0. The Morgan fingerprint density at radius 1 is 1.53 bits per heavy atom. The Labute approximate surface area is 103 Å². The van der Waals surface area contributed by atoms with Crippen LogP contribution in [0.2, 0.25) is 0 Å². The minimum absolute atomic E-state index is 0.551. The quantitative estimate of drug-likeness (QED) is 0.576. The van der Waals surface area contributed by atoms with Crippen molar-refractivity contribution in [2.24, 2.45) is 0 Å². The molecular weight excluding hydrogens is 301 g/mol. The lowest BCUT2D eigenvalue weighted by molar-refractivity contribution is -0.462. The Morgan fingerprint density at radius 3 is 3.20 bits per heavy atom. The maximum atomic E-state index is 8.60. The monoisotopic (exact) mass is 312 g/mol. The Kier molecular flexibility index (Phi) is 3.21. The lowest BCUT2D eigenvalue weighted by Gasteiger charge is -2.21. The Morgan fingerprint density at radius 2 is 2.40 bits per heavy atom. The minimum Gasteiger partial charge on any atom is -0.232 e. The molecule has 2 aliphatic heterocycles. The fourth-order valence-corrected chi connectivity index (χ4v) is 2.35. The molecule has 0 N–H and O–H groups in total. The molecule has 3 nitrogen and oxygen atoms in total. The summed E-state index contributed by atoms with van der Waals surface area (Å²) >= 11 is 2.34. The number of nitriles is 1. The number of allylic oxidation sites excluding steroid dienone is 2. The smallest absolute Gasteiger partial charge is 0.232 e. The van der Waals surface area contributed by atoms with E-state index in [9.17, 15) is 0 Å². The van der Waals surface area contributed by atoms with E-state index in [2.05, 4.69) is 56.6 Å². The molecule has 0 atom stereocenters. The summed E-state index contributed by atoms with van der Waals surface area (Å²) in [4.78, 5) is 2.19. The molecule has 0 aromatic rings. The maximum absolute atomic E-state index is 8.60. The van der Waals surface area contributed by atoms with Gasteiger partial charge in [0.15, 0.2) is 0 Å². The molecule has 0 unspecified atom stereocenters. The molecule has 0 aromatic carbocycles. The van der Waals surface area contributed by atoms with Gasteiger partial charge in [0.2, 0.25) is 0 Å². The largest absolute Gasteiger partial charge is 0.281 e. The average Bonchev–Trinajstić information content (AvgIpc) is 2.25. The molecule has 0 saturated heterocycles. The van der Waals surface area contributed by atoms with E-state index in [1.165, 1.54) is 3.58 Å². The topological polar surface area (TPSA) is 30.0 Å². The van der Waals surface area contributed by atoms with Crippen molar-refractivity contribution in [1.82, 2.24) is 4.90 Å². The van der Waals surface area contributed by atoms with E-state index >= 15 is 0 Å². The van der Waals surface area contributed by atoms with Crippen LogP contribution in [0.5, 0.6) is 0 Å². The highest BCUT2D eigenvalue weighted by Gasteiger charge is 2.24. The fraction of sp³-hybridized carbons (Fsp3) is 0.273. The molecule has 0 aliphatic carbocycles. The fourth-order valence-electron chi connectivity index (χ4n) is 1.65. The Bertz CT molecular complexity index is 424. The van der Waals surface area contributed by atoms with Crippen molar-refractivity contribution in [3.05, 3.63) is 34.2 Å². The van der Waals surface area contributed by atoms with E-state index in [0.29, 0.717) is 6.42 Å². The first-order chi connectivity index (χ1) is 7.31. The number of hydrogen-bond acceptors (Lipinski definition) is 2. The molecule has 0 amide bonds. The van der Waals surface area contributed by atoms with E-state index in [1.54, 1.807) is 0 Å². The third-order valence-corrected chi connectivity index (χ3v) is 2.91. The van der Waals surface area contributed by atoms with Gasteiger partial charge in [-0.1, -0.05) is 6.08 Å². The molecule has 15 heavy (non-hydrogen) atoms. The molecule has 0 bridgehead atoms. The predicted molar refractivity (Wildman–Crippen MR) is 67.5 cm³/mol. The SMILES string of the molecule is N#CCC[N+]1=C2C=CC=CN2CC(I)=C1. The molecule has 0 aromatic heterocycles. The number of halogens is 1. The highest BCUT2D eigenvalue weighted by Crippen LogP contribution is 2.17. The summed E-state index contributed by atoms with van der Waals surface area (Å²) < 4.78 is 3.42. The van der Waals surface area contributed by atoms with Gasteiger partial charge in [-0.2, -0.15) is 5.26 Å². The molecular formula is C11H11IN3+. The summed E-state index contributed by atoms with van der Waals surface area (Å²) in [5, 5.41) is 8.60. The standard InChI is InChI=1S/C11H11IN3/c12-10-8-14-6-2-1-4-11(14)15(9-10)7-3-5-13/h1-2,4,6,9H,3,7-8H2/q+1. The zero-order valence-corrected chi connectivity index (χ0v) is 10.4. The van der Waals surface area contributed by atoms with Gasteiger partial charge in [-0.15, -0.1) is 0 Å². The van der Waals surface area contributed by atoms with Gasteiger partial charge in [-0.05, 0) is 28.7 Å². The van der Waals surface area contributed by atoms with Gasteiger partial charge in [0.1, 0.15) is 19.3 Å². The third-order valence-electron chi connectivity index (χ3n) is 2.29. The van der Waals surface area contributed by atoms with Crippen LogP contribution >= 0.6 is 22.6 Å². The molecule has 76 valence electrons. The van der Waals surface area contributed by atoms with Crippen LogP contribution in [0.4, 0.5) is 0 Å². The molecule has 0 spiro atoms. The molecule has 2 heterocycles. The summed E-state index contributed by atoms with van der Waals surface area (Å²) in [6, 6.07) is 2.18. The van der Waals surface area contributed by atoms with Crippen molar-refractivity contribution in [3.63, 3.8) is 0 Å². The van der Waals surface area contributed by atoms with Crippen LogP contribution in [0, 0.1) is 11.3 Å². The number of nitrogens with zero attached hydrogens (tertiary/aromatic N) is 3. The van der Waals surface area contributed by atoms with Crippen LogP contribution in [0.15, 0.2) is 34.2 Å². The number of amidine groups is 1. The van der Waals surface area contributed by atoms with E-state index in [4.69, 9.17) is 5.26 Å². The van der Waals surface area contributed by atoms with E-state index in [1.807, 2.05) is 12.2 Å². The van der Waals surface area contributed by atoms with E-state index < -0.39 is 0 Å². The molecule has 0 saturated carbocycles. The average molecular weight is 312 g/mol. The zero-order chi connectivity index (χ0) is 10.7. The highest BCUT2D eigenvalue weighted by molar-refractivity contribution is 14.1. The van der Waals surface area contributed by atoms with Gasteiger partial charge in [0.05, 0.1) is 22.3 Å². The van der Waals surface area contributed by atoms with Crippen molar-refractivity contribution in [2.75, 3.05) is 13.1 Å². The van der Waals surface area contributed by atoms with Gasteiger partial charge < -0.3 is 0 Å². The van der Waals surface area contributed by atoms with Crippen LogP contribution in [0.1, 0.15) is 6.42 Å². The van der Waals surface area contributed by atoms with E-state index in [0.717, 1.165) is 18.9 Å². The highest BCUT2D eigenvalue weighted by atomic mass is 127. The van der Waals surface area contributed by atoms with Crippen molar-refractivity contribution in [3.8, 4) is 6.07 Å². The number of rotatable bonds is 2. The first-order valence-corrected chi connectivity index (χ1v) is 5.87. The van der Waals surface area contributed by atoms with Crippen molar-refractivity contribution >= 4 is 28.4 Å².